The molecule has 2 atom stereocenters. The highest BCUT2D eigenvalue weighted by molar-refractivity contribution is 5.46. The van der Waals surface area contributed by atoms with Gasteiger partial charge in [0.25, 0.3) is 0 Å². The zero-order valence-electron chi connectivity index (χ0n) is 9.73. The Morgan fingerprint density at radius 2 is 2.12 bits per heavy atom. The highest BCUT2D eigenvalue weighted by atomic mass is 16.5. The number of aromatic nitrogens is 2. The molecule has 0 amide bonds. The van der Waals surface area contributed by atoms with E-state index in [0.29, 0.717) is 12.1 Å². The summed E-state index contributed by atoms with van der Waals surface area (Å²) in [6.07, 6.45) is 5.33. The topological polar surface area (TPSA) is 59.1 Å². The second-order valence-electron chi connectivity index (χ2n) is 3.99. The van der Waals surface area contributed by atoms with E-state index < -0.39 is 0 Å². The van der Waals surface area contributed by atoms with Crippen molar-refractivity contribution in [2.75, 3.05) is 24.8 Å². The molecule has 5 nitrogen and oxygen atoms in total. The number of anilines is 2. The monoisotopic (exact) mass is 222 g/mol. The number of ether oxygens (including phenoxy) is 1. The van der Waals surface area contributed by atoms with Crippen molar-refractivity contribution < 1.29 is 4.74 Å². The zero-order chi connectivity index (χ0) is 11.4. The van der Waals surface area contributed by atoms with Crippen LogP contribution in [0.25, 0.3) is 0 Å². The van der Waals surface area contributed by atoms with Crippen LogP contribution in [0.2, 0.25) is 0 Å². The van der Waals surface area contributed by atoms with E-state index in [2.05, 4.69) is 20.6 Å². The molecule has 0 bridgehead atoms. The van der Waals surface area contributed by atoms with E-state index in [9.17, 15) is 0 Å². The van der Waals surface area contributed by atoms with Crippen molar-refractivity contribution in [3.05, 3.63) is 12.4 Å². The number of hydrogen-bond acceptors (Lipinski definition) is 5. The third-order valence-corrected chi connectivity index (χ3v) is 3.01. The van der Waals surface area contributed by atoms with Crippen molar-refractivity contribution in [2.45, 2.75) is 31.4 Å². The predicted molar refractivity (Wildman–Crippen MR) is 63.6 cm³/mol. The van der Waals surface area contributed by atoms with Crippen LogP contribution in [0, 0.1) is 0 Å². The Balaban J connectivity index is 2.02. The summed E-state index contributed by atoms with van der Waals surface area (Å²) in [6.45, 7) is 0. The Labute approximate surface area is 95.6 Å². The molecular weight excluding hydrogens is 204 g/mol. The van der Waals surface area contributed by atoms with E-state index in [1.165, 1.54) is 6.42 Å². The van der Waals surface area contributed by atoms with Gasteiger partial charge in [0, 0.05) is 20.2 Å². The fourth-order valence-electron chi connectivity index (χ4n) is 2.14. The van der Waals surface area contributed by atoms with Gasteiger partial charge in [-0.1, -0.05) is 0 Å². The lowest BCUT2D eigenvalue weighted by Gasteiger charge is -2.20. The summed E-state index contributed by atoms with van der Waals surface area (Å²) in [4.78, 5) is 8.28. The number of rotatable bonds is 4. The molecule has 0 aromatic carbocycles. The summed E-state index contributed by atoms with van der Waals surface area (Å²) >= 11 is 0. The van der Waals surface area contributed by atoms with Crippen LogP contribution >= 0.6 is 0 Å². The van der Waals surface area contributed by atoms with Gasteiger partial charge in [-0.2, -0.15) is 0 Å². The molecule has 1 saturated carbocycles. The first-order valence-electron chi connectivity index (χ1n) is 5.62. The Bertz CT molecular complexity index is 345. The molecule has 88 valence electrons. The fraction of sp³-hybridized carbons (Fsp3) is 0.636. The minimum absolute atomic E-state index is 0.299. The summed E-state index contributed by atoms with van der Waals surface area (Å²) in [5, 5.41) is 6.40. The predicted octanol–water partition coefficient (Wildman–Crippen LogP) is 1.50. The SMILES string of the molecule is CNc1cc(NC2CCCC2OC)ncn1. The largest absolute Gasteiger partial charge is 0.379 e. The molecule has 1 heterocycles. The second-order valence-corrected chi connectivity index (χ2v) is 3.99. The third kappa shape index (κ3) is 2.41. The molecule has 1 aliphatic carbocycles. The summed E-state index contributed by atoms with van der Waals surface area (Å²) in [6, 6.07) is 2.27. The minimum Gasteiger partial charge on any atom is -0.379 e. The molecule has 0 aliphatic heterocycles. The number of hydrogen-bond donors (Lipinski definition) is 2. The fourth-order valence-corrected chi connectivity index (χ4v) is 2.14. The van der Waals surface area contributed by atoms with Crippen LogP contribution < -0.4 is 10.6 Å². The maximum atomic E-state index is 5.43. The molecule has 1 aromatic heterocycles. The summed E-state index contributed by atoms with van der Waals surface area (Å²) in [5.74, 6) is 1.68. The van der Waals surface area contributed by atoms with Crippen LogP contribution in [0.3, 0.4) is 0 Å². The third-order valence-electron chi connectivity index (χ3n) is 3.01. The van der Waals surface area contributed by atoms with Gasteiger partial charge >= 0.3 is 0 Å². The lowest BCUT2D eigenvalue weighted by atomic mass is 10.2. The average molecular weight is 222 g/mol. The minimum atomic E-state index is 0.299. The molecule has 5 heteroatoms. The van der Waals surface area contributed by atoms with Crippen LogP contribution in [0.4, 0.5) is 11.6 Å². The number of nitrogens with zero attached hydrogens (tertiary/aromatic N) is 2. The van der Waals surface area contributed by atoms with E-state index in [1.807, 2.05) is 13.1 Å². The van der Waals surface area contributed by atoms with Crippen molar-refractivity contribution >= 4 is 11.6 Å². The molecular formula is C11H18N4O. The molecule has 1 aliphatic rings. The van der Waals surface area contributed by atoms with Crippen molar-refractivity contribution in [2.24, 2.45) is 0 Å². The van der Waals surface area contributed by atoms with Gasteiger partial charge < -0.3 is 15.4 Å². The van der Waals surface area contributed by atoms with Crippen LogP contribution in [0.15, 0.2) is 12.4 Å². The van der Waals surface area contributed by atoms with Gasteiger partial charge in [-0.25, -0.2) is 9.97 Å². The van der Waals surface area contributed by atoms with Gasteiger partial charge in [-0.05, 0) is 19.3 Å². The molecule has 0 spiro atoms. The van der Waals surface area contributed by atoms with Gasteiger partial charge in [-0.3, -0.25) is 0 Å². The first-order chi connectivity index (χ1) is 7.83. The molecule has 2 N–H and O–H groups in total. The summed E-state index contributed by atoms with van der Waals surface area (Å²) < 4.78 is 5.43. The smallest absolute Gasteiger partial charge is 0.131 e. The summed E-state index contributed by atoms with van der Waals surface area (Å²) in [5.41, 5.74) is 0. The van der Waals surface area contributed by atoms with Crippen LogP contribution in [0.1, 0.15) is 19.3 Å². The molecule has 2 rings (SSSR count). The van der Waals surface area contributed by atoms with Gasteiger partial charge in [0.05, 0.1) is 12.1 Å². The first-order valence-corrected chi connectivity index (χ1v) is 5.62. The van der Waals surface area contributed by atoms with E-state index in [4.69, 9.17) is 4.74 Å². The quantitative estimate of drug-likeness (QED) is 0.808. The standard InChI is InChI=1S/C11H18N4O/c1-12-10-6-11(14-7-13-10)15-8-4-3-5-9(8)16-2/h6-9H,3-5H2,1-2H3,(H2,12,13,14,15). The average Bonchev–Trinajstić information content (AvgIpc) is 2.76. The second kappa shape index (κ2) is 5.12. The number of nitrogens with one attached hydrogen (secondary N) is 2. The molecule has 1 aromatic rings. The van der Waals surface area contributed by atoms with Gasteiger partial charge in [-0.15, -0.1) is 0 Å². The summed E-state index contributed by atoms with van der Waals surface area (Å²) in [7, 11) is 3.61. The molecule has 0 saturated heterocycles. The lowest BCUT2D eigenvalue weighted by molar-refractivity contribution is 0.101. The first kappa shape index (κ1) is 11.1. The van der Waals surface area contributed by atoms with Crippen LogP contribution in [-0.4, -0.2) is 36.3 Å². The lowest BCUT2D eigenvalue weighted by Crippen LogP contribution is -2.30. The molecule has 0 radical (unpaired) electrons. The van der Waals surface area contributed by atoms with E-state index in [1.54, 1.807) is 13.4 Å². The normalized spacial score (nSPS) is 24.4. The van der Waals surface area contributed by atoms with Crippen LogP contribution in [0.5, 0.6) is 0 Å². The van der Waals surface area contributed by atoms with Crippen molar-refractivity contribution in [3.8, 4) is 0 Å². The van der Waals surface area contributed by atoms with E-state index in [-0.39, 0.29) is 0 Å². The Kier molecular flexibility index (Phi) is 3.56. The van der Waals surface area contributed by atoms with Gasteiger partial charge in [0.2, 0.25) is 0 Å². The molecule has 16 heavy (non-hydrogen) atoms. The highest BCUT2D eigenvalue weighted by Gasteiger charge is 2.27. The van der Waals surface area contributed by atoms with Crippen LogP contribution in [-0.2, 0) is 4.74 Å². The van der Waals surface area contributed by atoms with Gasteiger partial charge in [0.15, 0.2) is 0 Å². The maximum Gasteiger partial charge on any atom is 0.131 e. The van der Waals surface area contributed by atoms with E-state index in [0.717, 1.165) is 24.5 Å². The van der Waals surface area contributed by atoms with Crippen molar-refractivity contribution in [1.82, 2.24) is 9.97 Å². The zero-order valence-corrected chi connectivity index (χ0v) is 9.73. The molecule has 2 unspecified atom stereocenters. The van der Waals surface area contributed by atoms with E-state index >= 15 is 0 Å². The Morgan fingerprint density at radius 1 is 1.31 bits per heavy atom. The van der Waals surface area contributed by atoms with Crippen molar-refractivity contribution in [1.29, 1.82) is 0 Å². The Hall–Kier alpha value is -1.36. The van der Waals surface area contributed by atoms with Gasteiger partial charge in [0.1, 0.15) is 18.0 Å². The van der Waals surface area contributed by atoms with Crippen molar-refractivity contribution in [3.63, 3.8) is 0 Å². The highest BCUT2D eigenvalue weighted by Crippen LogP contribution is 2.24. The molecule has 1 fully saturated rings. The Morgan fingerprint density at radius 3 is 2.88 bits per heavy atom. The maximum absolute atomic E-state index is 5.43. The number of methoxy groups -OCH3 is 1.